The highest BCUT2D eigenvalue weighted by atomic mass is 16.5. The number of nitrogens with zero attached hydrogens (tertiary/aromatic N) is 3. The van der Waals surface area contributed by atoms with Gasteiger partial charge in [0.2, 0.25) is 0 Å². The smallest absolute Gasteiger partial charge is 0.254 e. The van der Waals surface area contributed by atoms with Crippen LogP contribution in [0.3, 0.4) is 0 Å². The third-order valence-corrected chi connectivity index (χ3v) is 5.73. The van der Waals surface area contributed by atoms with Crippen molar-refractivity contribution in [3.63, 3.8) is 0 Å². The molecule has 1 aliphatic carbocycles. The van der Waals surface area contributed by atoms with Gasteiger partial charge in [-0.1, -0.05) is 12.1 Å². The molecule has 1 aliphatic heterocycles. The third-order valence-electron chi connectivity index (χ3n) is 5.73. The van der Waals surface area contributed by atoms with E-state index in [1.165, 1.54) is 0 Å². The van der Waals surface area contributed by atoms with Gasteiger partial charge in [-0.25, -0.2) is 4.98 Å². The highest BCUT2D eigenvalue weighted by Crippen LogP contribution is 2.37. The van der Waals surface area contributed by atoms with Crippen LogP contribution in [0, 0.1) is 0 Å². The summed E-state index contributed by atoms with van der Waals surface area (Å²) in [6, 6.07) is 12.2. The van der Waals surface area contributed by atoms with Crippen LogP contribution in [0.5, 0.6) is 5.75 Å². The molecule has 1 N–H and O–H groups in total. The van der Waals surface area contributed by atoms with Gasteiger partial charge in [-0.05, 0) is 48.2 Å². The first-order valence-corrected chi connectivity index (χ1v) is 9.82. The number of amides is 1. The molecule has 1 aromatic carbocycles. The number of carbonyl (C=O) groups is 1. The maximum absolute atomic E-state index is 12.2. The summed E-state index contributed by atoms with van der Waals surface area (Å²) in [5.74, 6) is 0.739. The van der Waals surface area contributed by atoms with Gasteiger partial charge < -0.3 is 19.1 Å². The van der Waals surface area contributed by atoms with Gasteiger partial charge in [0.05, 0.1) is 0 Å². The molecule has 6 heteroatoms. The fourth-order valence-electron chi connectivity index (χ4n) is 3.81. The van der Waals surface area contributed by atoms with Gasteiger partial charge in [0.1, 0.15) is 23.1 Å². The molecule has 1 saturated carbocycles. The number of likely N-dealkylation sites (tertiary alicyclic amines) is 1. The second-order valence-corrected chi connectivity index (χ2v) is 7.78. The van der Waals surface area contributed by atoms with E-state index in [1.807, 2.05) is 28.8 Å². The van der Waals surface area contributed by atoms with E-state index in [2.05, 4.69) is 29.4 Å². The minimum absolute atomic E-state index is 0.103. The van der Waals surface area contributed by atoms with Gasteiger partial charge in [-0.2, -0.15) is 0 Å². The predicted octanol–water partition coefficient (Wildman–Crippen LogP) is 2.90. The van der Waals surface area contributed by atoms with Crippen molar-refractivity contribution in [1.29, 1.82) is 0 Å². The first-order chi connectivity index (χ1) is 13.6. The SMILES string of the molecule is O=C(N1CCC(Oc2ccc(-c3ccc4nccn4c3)cc2)CC1)C1(O)CC1. The number of aromatic nitrogens is 2. The number of carbonyl (C=O) groups excluding carboxylic acids is 1. The molecule has 3 aromatic rings. The molecule has 6 nitrogen and oxygen atoms in total. The maximum Gasteiger partial charge on any atom is 0.254 e. The van der Waals surface area contributed by atoms with Crippen LogP contribution in [0.15, 0.2) is 55.0 Å². The summed E-state index contributed by atoms with van der Waals surface area (Å²) >= 11 is 0. The van der Waals surface area contributed by atoms with Crippen molar-refractivity contribution in [3.8, 4) is 16.9 Å². The summed E-state index contributed by atoms with van der Waals surface area (Å²) in [4.78, 5) is 18.3. The van der Waals surface area contributed by atoms with Crippen molar-refractivity contribution in [2.24, 2.45) is 0 Å². The Morgan fingerprint density at radius 3 is 2.50 bits per heavy atom. The Morgan fingerprint density at radius 2 is 1.79 bits per heavy atom. The predicted molar refractivity (Wildman–Crippen MR) is 105 cm³/mol. The summed E-state index contributed by atoms with van der Waals surface area (Å²) in [5.41, 5.74) is 2.12. The topological polar surface area (TPSA) is 67.1 Å². The van der Waals surface area contributed by atoms with Crippen molar-refractivity contribution < 1.29 is 14.6 Å². The van der Waals surface area contributed by atoms with E-state index in [1.54, 1.807) is 11.1 Å². The van der Waals surface area contributed by atoms with Crippen LogP contribution < -0.4 is 4.74 Å². The van der Waals surface area contributed by atoms with Gasteiger partial charge in [0.25, 0.3) is 5.91 Å². The lowest BCUT2D eigenvalue weighted by molar-refractivity contribution is -0.144. The average molecular weight is 377 g/mol. The Bertz CT molecular complexity index is 999. The van der Waals surface area contributed by atoms with E-state index in [-0.39, 0.29) is 12.0 Å². The standard InChI is InChI=1S/C22H23N3O3/c26-21(22(27)9-10-22)24-12-7-19(8-13-24)28-18-4-1-16(2-5-18)17-3-6-20-23-11-14-25(20)15-17/h1-6,11,14-15,19,27H,7-10,12-13H2. The monoisotopic (exact) mass is 377 g/mol. The van der Waals surface area contributed by atoms with Crippen molar-refractivity contribution in [1.82, 2.24) is 14.3 Å². The second-order valence-electron chi connectivity index (χ2n) is 7.78. The molecular formula is C22H23N3O3. The van der Waals surface area contributed by atoms with E-state index in [0.29, 0.717) is 25.9 Å². The van der Waals surface area contributed by atoms with Crippen molar-refractivity contribution in [3.05, 3.63) is 55.0 Å². The summed E-state index contributed by atoms with van der Waals surface area (Å²) in [5, 5.41) is 9.99. The molecule has 5 rings (SSSR count). The Labute approximate surface area is 163 Å². The van der Waals surface area contributed by atoms with Crippen LogP contribution in [0.1, 0.15) is 25.7 Å². The molecule has 2 aliphatic rings. The number of ether oxygens (including phenoxy) is 1. The molecule has 0 unspecified atom stereocenters. The van der Waals surface area contributed by atoms with Crippen molar-refractivity contribution in [2.45, 2.75) is 37.4 Å². The molecule has 0 atom stereocenters. The summed E-state index contributed by atoms with van der Waals surface area (Å²) < 4.78 is 8.12. The fraction of sp³-hybridized carbons (Fsp3) is 0.364. The zero-order valence-electron chi connectivity index (χ0n) is 15.6. The minimum Gasteiger partial charge on any atom is -0.490 e. The average Bonchev–Trinajstić information content (AvgIpc) is 3.31. The van der Waals surface area contributed by atoms with Crippen LogP contribution in [-0.4, -0.2) is 50.1 Å². The molecule has 0 spiro atoms. The molecule has 1 saturated heterocycles. The highest BCUT2D eigenvalue weighted by Gasteiger charge is 2.50. The Morgan fingerprint density at radius 1 is 1.07 bits per heavy atom. The number of rotatable bonds is 4. The van der Waals surface area contributed by atoms with E-state index < -0.39 is 5.60 Å². The minimum atomic E-state index is -1.07. The molecular weight excluding hydrogens is 354 g/mol. The lowest BCUT2D eigenvalue weighted by atomic mass is 10.1. The zero-order valence-corrected chi connectivity index (χ0v) is 15.6. The molecule has 2 aromatic heterocycles. The van der Waals surface area contributed by atoms with E-state index in [4.69, 9.17) is 4.74 Å². The largest absolute Gasteiger partial charge is 0.490 e. The number of fused-ring (bicyclic) bond motifs is 1. The molecule has 144 valence electrons. The lowest BCUT2D eigenvalue weighted by Crippen LogP contribution is -2.46. The number of aliphatic hydroxyl groups is 1. The Balaban J connectivity index is 1.20. The molecule has 0 bridgehead atoms. The van der Waals surface area contributed by atoms with Crippen LogP contribution in [0.4, 0.5) is 0 Å². The molecule has 2 fully saturated rings. The molecule has 1 amide bonds. The summed E-state index contributed by atoms with van der Waals surface area (Å²) in [6.45, 7) is 1.30. The Hall–Kier alpha value is -2.86. The van der Waals surface area contributed by atoms with Crippen LogP contribution in [0.25, 0.3) is 16.8 Å². The van der Waals surface area contributed by atoms with Crippen molar-refractivity contribution in [2.75, 3.05) is 13.1 Å². The zero-order chi connectivity index (χ0) is 19.1. The fourth-order valence-corrected chi connectivity index (χ4v) is 3.81. The number of benzene rings is 1. The molecule has 3 heterocycles. The van der Waals surface area contributed by atoms with Crippen LogP contribution >= 0.6 is 0 Å². The van der Waals surface area contributed by atoms with Gasteiger partial charge >= 0.3 is 0 Å². The van der Waals surface area contributed by atoms with E-state index in [9.17, 15) is 9.90 Å². The van der Waals surface area contributed by atoms with Crippen LogP contribution in [0.2, 0.25) is 0 Å². The normalized spacial score (nSPS) is 19.0. The number of hydrogen-bond donors (Lipinski definition) is 1. The maximum atomic E-state index is 12.2. The second kappa shape index (κ2) is 6.63. The van der Waals surface area contributed by atoms with Gasteiger partial charge in [0.15, 0.2) is 0 Å². The summed E-state index contributed by atoms with van der Waals surface area (Å²) in [7, 11) is 0. The molecule has 0 radical (unpaired) electrons. The van der Waals surface area contributed by atoms with Crippen LogP contribution in [-0.2, 0) is 4.79 Å². The molecule has 28 heavy (non-hydrogen) atoms. The van der Waals surface area contributed by atoms with Gasteiger partial charge in [-0.15, -0.1) is 0 Å². The third kappa shape index (κ3) is 3.24. The van der Waals surface area contributed by atoms with Crippen molar-refractivity contribution >= 4 is 11.6 Å². The summed E-state index contributed by atoms with van der Waals surface area (Å²) in [6.07, 6.45) is 8.69. The Kier molecular flexibility index (Phi) is 4.09. The first kappa shape index (κ1) is 17.3. The quantitative estimate of drug-likeness (QED) is 0.759. The van der Waals surface area contributed by atoms with E-state index in [0.717, 1.165) is 35.4 Å². The number of hydrogen-bond acceptors (Lipinski definition) is 4. The highest BCUT2D eigenvalue weighted by molar-refractivity contribution is 5.87. The first-order valence-electron chi connectivity index (χ1n) is 9.82. The van der Waals surface area contributed by atoms with E-state index >= 15 is 0 Å². The number of pyridine rings is 1. The van der Waals surface area contributed by atoms with Gasteiger partial charge in [-0.3, -0.25) is 4.79 Å². The number of imidazole rings is 1. The number of piperidine rings is 1. The lowest BCUT2D eigenvalue weighted by Gasteiger charge is -2.33. The van der Waals surface area contributed by atoms with Gasteiger partial charge in [0, 0.05) is 44.5 Å².